The number of hydrogen-bond acceptors (Lipinski definition) is 9. The van der Waals surface area contributed by atoms with Crippen molar-refractivity contribution < 1.29 is 13.2 Å². The number of azo groups is 1. The number of nitrogens with zero attached hydrogens (tertiary/aromatic N) is 7. The van der Waals surface area contributed by atoms with E-state index >= 15 is 0 Å². The largest absolute Gasteiger partial charge is 0.382 e. The number of ether oxygens (including phenoxy) is 1. The lowest BCUT2D eigenvalue weighted by atomic mass is 9.94. The molecule has 234 valence electrons. The van der Waals surface area contributed by atoms with Gasteiger partial charge in [-0.2, -0.15) is 14.5 Å². The van der Waals surface area contributed by atoms with Crippen LogP contribution in [-0.2, 0) is 27.9 Å². The van der Waals surface area contributed by atoms with E-state index in [0.29, 0.717) is 43.7 Å². The molecule has 44 heavy (non-hydrogen) atoms. The van der Waals surface area contributed by atoms with E-state index in [-0.39, 0.29) is 4.90 Å². The van der Waals surface area contributed by atoms with Crippen LogP contribution in [0, 0.1) is 19.8 Å². The zero-order valence-electron chi connectivity index (χ0n) is 26.2. The number of sulfonamides is 1. The molecule has 0 unspecified atom stereocenters. The summed E-state index contributed by atoms with van der Waals surface area (Å²) >= 11 is 0. The lowest BCUT2D eigenvalue weighted by Crippen LogP contribution is -2.38. The second-order valence-electron chi connectivity index (χ2n) is 11.5. The Bertz CT molecular complexity index is 1720. The van der Waals surface area contributed by atoms with Crippen LogP contribution in [0.2, 0.25) is 0 Å². The molecule has 1 aliphatic heterocycles. The molecule has 1 saturated heterocycles. The van der Waals surface area contributed by atoms with E-state index in [1.165, 1.54) is 0 Å². The van der Waals surface area contributed by atoms with Gasteiger partial charge in [0.15, 0.2) is 5.82 Å². The Balaban J connectivity index is 1.20. The predicted molar refractivity (Wildman–Crippen MR) is 174 cm³/mol. The Morgan fingerprint density at radius 2 is 1.59 bits per heavy atom. The highest BCUT2D eigenvalue weighted by Crippen LogP contribution is 2.31. The lowest BCUT2D eigenvalue weighted by Gasteiger charge is -2.31. The number of hydrogen-bond donors (Lipinski definition) is 1. The highest BCUT2D eigenvalue weighted by atomic mass is 32.2. The molecule has 12 heteroatoms. The normalized spacial score (nSPS) is 15.0. The number of imidazole rings is 1. The summed E-state index contributed by atoms with van der Waals surface area (Å²) in [5, 5.41) is 8.55. The molecule has 4 aromatic rings. The van der Waals surface area contributed by atoms with Crippen LogP contribution in [0.1, 0.15) is 43.3 Å². The summed E-state index contributed by atoms with van der Waals surface area (Å²) in [6.07, 6.45) is 2.51. The number of fused-ring (bicyclic) bond motifs is 1. The smallest absolute Gasteiger partial charge is 0.243 e. The molecule has 0 atom stereocenters. The summed E-state index contributed by atoms with van der Waals surface area (Å²) in [6, 6.07) is 14.4. The van der Waals surface area contributed by atoms with Gasteiger partial charge in [-0.15, -0.1) is 0 Å². The summed E-state index contributed by atoms with van der Waals surface area (Å²) in [7, 11) is 0.366. The van der Waals surface area contributed by atoms with Crippen molar-refractivity contribution in [2.24, 2.45) is 16.1 Å². The van der Waals surface area contributed by atoms with E-state index in [2.05, 4.69) is 26.7 Å². The summed E-state index contributed by atoms with van der Waals surface area (Å²) < 4.78 is 36.4. The minimum atomic E-state index is -3.60. The number of nitrogen functional groups attached to an aromatic ring is 1. The number of nitrogens with two attached hydrogens (primary N) is 1. The Labute approximate surface area is 259 Å². The molecule has 0 aliphatic carbocycles. The van der Waals surface area contributed by atoms with E-state index in [4.69, 9.17) is 15.5 Å². The summed E-state index contributed by atoms with van der Waals surface area (Å²) in [6.45, 7) is 8.72. The van der Waals surface area contributed by atoms with Crippen molar-refractivity contribution in [1.82, 2.24) is 18.8 Å². The number of rotatable bonds is 11. The SMILES string of the molecule is CCOCc1nc2c(N)nc(C)c(C)c2n1CCC1CCN(S(=O)(=O)c2ccc(N=Nc3ccc(N(C)C)cc3)cc2)CC1. The quantitative estimate of drug-likeness (QED) is 0.200. The second kappa shape index (κ2) is 13.4. The van der Waals surface area contributed by atoms with Gasteiger partial charge in [-0.05, 0) is 100 Å². The van der Waals surface area contributed by atoms with Crippen LogP contribution >= 0.6 is 0 Å². The monoisotopic (exact) mass is 618 g/mol. The molecule has 0 radical (unpaired) electrons. The molecular weight excluding hydrogens is 576 g/mol. The molecular formula is C32H42N8O3S. The summed E-state index contributed by atoms with van der Waals surface area (Å²) in [4.78, 5) is 11.5. The van der Waals surface area contributed by atoms with Crippen LogP contribution in [0.3, 0.4) is 0 Å². The minimum Gasteiger partial charge on any atom is -0.382 e. The summed E-state index contributed by atoms with van der Waals surface area (Å²) in [5.74, 6) is 1.67. The fraction of sp³-hybridized carbons (Fsp3) is 0.438. The van der Waals surface area contributed by atoms with E-state index in [0.717, 1.165) is 65.3 Å². The third kappa shape index (κ3) is 6.77. The molecule has 0 saturated carbocycles. The van der Waals surface area contributed by atoms with Gasteiger partial charge in [0, 0.05) is 51.7 Å². The number of piperidine rings is 1. The fourth-order valence-electron chi connectivity index (χ4n) is 5.61. The Morgan fingerprint density at radius 3 is 2.18 bits per heavy atom. The van der Waals surface area contributed by atoms with Gasteiger partial charge in [-0.25, -0.2) is 18.4 Å². The van der Waals surface area contributed by atoms with Gasteiger partial charge >= 0.3 is 0 Å². The molecule has 5 rings (SSSR count). The van der Waals surface area contributed by atoms with E-state index in [9.17, 15) is 8.42 Å². The van der Waals surface area contributed by atoms with Crippen molar-refractivity contribution in [2.75, 3.05) is 44.4 Å². The number of aryl methyl sites for hydroxylation is 3. The van der Waals surface area contributed by atoms with Crippen molar-refractivity contribution >= 4 is 43.9 Å². The van der Waals surface area contributed by atoms with Crippen LogP contribution in [-0.4, -0.2) is 61.0 Å². The molecule has 11 nitrogen and oxygen atoms in total. The molecule has 3 heterocycles. The lowest BCUT2D eigenvalue weighted by molar-refractivity contribution is 0.125. The van der Waals surface area contributed by atoms with Crippen LogP contribution in [0.5, 0.6) is 0 Å². The van der Waals surface area contributed by atoms with Crippen LogP contribution in [0.15, 0.2) is 63.7 Å². The first-order valence-electron chi connectivity index (χ1n) is 15.1. The molecule has 1 fully saturated rings. The first-order chi connectivity index (χ1) is 21.1. The van der Waals surface area contributed by atoms with Gasteiger partial charge in [0.25, 0.3) is 0 Å². The van der Waals surface area contributed by atoms with Crippen LogP contribution in [0.4, 0.5) is 22.9 Å². The van der Waals surface area contributed by atoms with E-state index in [1.54, 1.807) is 28.6 Å². The van der Waals surface area contributed by atoms with Crippen molar-refractivity contribution in [1.29, 1.82) is 0 Å². The Hall–Kier alpha value is -3.87. The molecule has 2 aromatic carbocycles. The topological polar surface area (TPSA) is 131 Å². The number of anilines is 2. The standard InChI is InChI=1S/C32H42N8O3S/c1-6-43-21-29-35-30-31(22(2)23(3)34-32(30)33)40(29)20-17-24-15-18-39(19-16-24)44(41,42)28-13-9-26(10-14-28)37-36-25-7-11-27(12-8-25)38(4)5/h7-14,24H,6,15-21H2,1-5H3,(H2,33,34). The van der Waals surface area contributed by atoms with Gasteiger partial charge in [0.05, 0.1) is 21.8 Å². The average molecular weight is 619 g/mol. The predicted octanol–water partition coefficient (Wildman–Crippen LogP) is 6.14. The molecule has 1 aliphatic rings. The van der Waals surface area contributed by atoms with Crippen molar-refractivity contribution in [2.45, 2.75) is 58.1 Å². The minimum absolute atomic E-state index is 0.271. The maximum Gasteiger partial charge on any atom is 0.243 e. The van der Waals surface area contributed by atoms with Crippen LogP contribution in [0.25, 0.3) is 11.0 Å². The van der Waals surface area contributed by atoms with Gasteiger partial charge < -0.3 is 19.9 Å². The molecule has 0 amide bonds. The van der Waals surface area contributed by atoms with Gasteiger partial charge in [0.1, 0.15) is 17.9 Å². The first kappa shape index (κ1) is 31.6. The summed E-state index contributed by atoms with van der Waals surface area (Å²) in [5.41, 5.74) is 12.3. The number of aromatic nitrogens is 3. The number of benzene rings is 2. The fourth-order valence-corrected chi connectivity index (χ4v) is 7.08. The zero-order valence-corrected chi connectivity index (χ0v) is 27.0. The average Bonchev–Trinajstić information content (AvgIpc) is 3.40. The van der Waals surface area contributed by atoms with E-state index < -0.39 is 10.0 Å². The third-order valence-corrected chi connectivity index (χ3v) is 10.3. The first-order valence-corrected chi connectivity index (χ1v) is 16.5. The zero-order chi connectivity index (χ0) is 31.4. The van der Waals surface area contributed by atoms with Crippen molar-refractivity contribution in [3.63, 3.8) is 0 Å². The molecule has 2 aromatic heterocycles. The van der Waals surface area contributed by atoms with Gasteiger partial charge in [-0.3, -0.25) is 0 Å². The third-order valence-electron chi connectivity index (χ3n) is 8.37. The van der Waals surface area contributed by atoms with Crippen LogP contribution < -0.4 is 10.6 Å². The Kier molecular flexibility index (Phi) is 9.62. The van der Waals surface area contributed by atoms with Gasteiger partial charge in [0.2, 0.25) is 10.0 Å². The number of pyridine rings is 1. The molecule has 0 bridgehead atoms. The highest BCUT2D eigenvalue weighted by molar-refractivity contribution is 7.89. The Morgan fingerprint density at radius 1 is 0.977 bits per heavy atom. The van der Waals surface area contributed by atoms with E-state index in [1.807, 2.05) is 57.1 Å². The van der Waals surface area contributed by atoms with Gasteiger partial charge in [-0.1, -0.05) is 0 Å². The maximum atomic E-state index is 13.4. The van der Waals surface area contributed by atoms with Crippen molar-refractivity contribution in [3.8, 4) is 0 Å². The van der Waals surface area contributed by atoms with Crippen molar-refractivity contribution in [3.05, 3.63) is 65.6 Å². The highest BCUT2D eigenvalue weighted by Gasteiger charge is 2.29. The second-order valence-corrected chi connectivity index (χ2v) is 13.4. The maximum absolute atomic E-state index is 13.4. The molecule has 2 N–H and O–H groups in total. The molecule has 0 spiro atoms.